The first-order chi connectivity index (χ1) is 21.5. The first-order valence-corrected chi connectivity index (χ1v) is 14.5. The molecule has 0 aromatic heterocycles. The maximum atomic E-state index is 12.9. The standard InChI is InChI=1S/C38H38O7/c1-27(2)35(39)44-37(41,33(29-17-9-5-10-18-29)30-19-11-6-12-20-30)25-43-26-38(42,45-36(40)28(3)4)34(31-21-13-7-14-22-31)32-23-15-8-16-24-32/h5-24,33-34,41-42H,1,3,25-26H2,2,4H3. The fourth-order valence-corrected chi connectivity index (χ4v) is 5.19. The maximum Gasteiger partial charge on any atom is 0.335 e. The Labute approximate surface area is 264 Å². The molecule has 2 atom stereocenters. The van der Waals surface area contributed by atoms with Crippen LogP contribution in [0.1, 0.15) is 47.9 Å². The van der Waals surface area contributed by atoms with E-state index in [4.69, 9.17) is 14.2 Å². The number of esters is 2. The molecule has 7 heteroatoms. The topological polar surface area (TPSA) is 102 Å². The first-order valence-electron chi connectivity index (χ1n) is 14.5. The number of carbonyl (C=O) groups excluding carboxylic acids is 2. The lowest BCUT2D eigenvalue weighted by atomic mass is 9.83. The van der Waals surface area contributed by atoms with Crippen LogP contribution >= 0.6 is 0 Å². The zero-order valence-corrected chi connectivity index (χ0v) is 25.5. The Morgan fingerprint density at radius 2 is 0.800 bits per heavy atom. The molecule has 0 aliphatic heterocycles. The molecular weight excluding hydrogens is 568 g/mol. The summed E-state index contributed by atoms with van der Waals surface area (Å²) in [6.45, 7) is 9.11. The minimum atomic E-state index is -2.27. The molecule has 7 nitrogen and oxygen atoms in total. The van der Waals surface area contributed by atoms with Gasteiger partial charge in [0, 0.05) is 11.1 Å². The SMILES string of the molecule is C=C(C)C(=O)OC(O)(COCC(O)(OC(=O)C(=C)C)C(c1ccccc1)c1ccccc1)C(c1ccccc1)c1ccccc1. The Balaban J connectivity index is 1.77. The van der Waals surface area contributed by atoms with Crippen molar-refractivity contribution in [2.24, 2.45) is 0 Å². The van der Waals surface area contributed by atoms with E-state index in [-0.39, 0.29) is 11.1 Å². The van der Waals surface area contributed by atoms with E-state index in [0.29, 0.717) is 22.3 Å². The summed E-state index contributed by atoms with van der Waals surface area (Å²) in [5.74, 6) is -7.98. The van der Waals surface area contributed by atoms with Crippen molar-refractivity contribution >= 4 is 11.9 Å². The fourth-order valence-electron chi connectivity index (χ4n) is 5.19. The van der Waals surface area contributed by atoms with Crippen LogP contribution in [0.5, 0.6) is 0 Å². The molecule has 0 saturated heterocycles. The molecule has 0 radical (unpaired) electrons. The number of benzene rings is 4. The van der Waals surface area contributed by atoms with E-state index in [9.17, 15) is 19.8 Å². The quantitative estimate of drug-likeness (QED) is 0.0989. The van der Waals surface area contributed by atoms with Gasteiger partial charge in [-0.3, -0.25) is 0 Å². The molecule has 45 heavy (non-hydrogen) atoms. The van der Waals surface area contributed by atoms with Gasteiger partial charge in [0.15, 0.2) is 0 Å². The molecule has 4 aromatic carbocycles. The highest BCUT2D eigenvalue weighted by molar-refractivity contribution is 5.87. The minimum Gasteiger partial charge on any atom is -0.426 e. The lowest BCUT2D eigenvalue weighted by Crippen LogP contribution is -2.50. The van der Waals surface area contributed by atoms with Crippen molar-refractivity contribution < 1.29 is 34.0 Å². The highest BCUT2D eigenvalue weighted by Gasteiger charge is 2.47. The maximum absolute atomic E-state index is 12.9. The molecule has 4 aromatic rings. The van der Waals surface area contributed by atoms with Crippen molar-refractivity contribution in [3.8, 4) is 0 Å². The van der Waals surface area contributed by atoms with Crippen LogP contribution in [0.25, 0.3) is 0 Å². The molecule has 0 saturated carbocycles. The summed E-state index contributed by atoms with van der Waals surface area (Å²) >= 11 is 0. The van der Waals surface area contributed by atoms with Gasteiger partial charge in [-0.05, 0) is 36.1 Å². The second kappa shape index (κ2) is 14.8. The molecule has 0 aliphatic carbocycles. The number of carbonyl (C=O) groups is 2. The van der Waals surface area contributed by atoms with E-state index in [2.05, 4.69) is 13.2 Å². The van der Waals surface area contributed by atoms with Gasteiger partial charge in [0.05, 0.1) is 11.8 Å². The minimum absolute atomic E-state index is 0.0772. The van der Waals surface area contributed by atoms with Gasteiger partial charge >= 0.3 is 11.9 Å². The number of hydrogen-bond donors (Lipinski definition) is 2. The summed E-state index contributed by atoms with van der Waals surface area (Å²) in [5.41, 5.74) is 2.76. The third-order valence-corrected chi connectivity index (χ3v) is 7.29. The lowest BCUT2D eigenvalue weighted by molar-refractivity contribution is -0.261. The lowest BCUT2D eigenvalue weighted by Gasteiger charge is -2.39. The van der Waals surface area contributed by atoms with Gasteiger partial charge in [-0.2, -0.15) is 0 Å². The van der Waals surface area contributed by atoms with Crippen molar-refractivity contribution in [1.29, 1.82) is 0 Å². The highest BCUT2D eigenvalue weighted by Crippen LogP contribution is 2.40. The van der Waals surface area contributed by atoms with Crippen LogP contribution in [-0.4, -0.2) is 46.9 Å². The number of rotatable bonds is 14. The van der Waals surface area contributed by atoms with Crippen LogP contribution in [0.15, 0.2) is 146 Å². The smallest absolute Gasteiger partial charge is 0.335 e. The molecule has 2 N–H and O–H groups in total. The van der Waals surface area contributed by atoms with Crippen LogP contribution in [0.3, 0.4) is 0 Å². The zero-order valence-electron chi connectivity index (χ0n) is 25.5. The van der Waals surface area contributed by atoms with E-state index < -0.39 is 48.6 Å². The Kier molecular flexibility index (Phi) is 10.9. The van der Waals surface area contributed by atoms with Crippen LogP contribution in [0.4, 0.5) is 0 Å². The summed E-state index contributed by atoms with van der Waals surface area (Å²) in [4.78, 5) is 25.8. The molecule has 0 aliphatic rings. The van der Waals surface area contributed by atoms with Gasteiger partial charge in [-0.25, -0.2) is 9.59 Å². The van der Waals surface area contributed by atoms with E-state index >= 15 is 0 Å². The Morgan fingerprint density at radius 1 is 0.556 bits per heavy atom. The van der Waals surface area contributed by atoms with Gasteiger partial charge in [-0.15, -0.1) is 0 Å². The Morgan fingerprint density at radius 3 is 1.02 bits per heavy atom. The average molecular weight is 607 g/mol. The normalized spacial score (nSPS) is 13.8. The van der Waals surface area contributed by atoms with Crippen LogP contribution in [0, 0.1) is 0 Å². The first kappa shape index (κ1) is 33.1. The monoisotopic (exact) mass is 606 g/mol. The summed E-state index contributed by atoms with van der Waals surface area (Å²) in [5, 5.41) is 24.4. The number of hydrogen-bond acceptors (Lipinski definition) is 7. The van der Waals surface area contributed by atoms with Crippen molar-refractivity contribution in [3.63, 3.8) is 0 Å². The molecule has 0 amide bonds. The molecule has 0 heterocycles. The highest BCUT2D eigenvalue weighted by atomic mass is 16.7. The third-order valence-electron chi connectivity index (χ3n) is 7.29. The predicted molar refractivity (Wildman–Crippen MR) is 172 cm³/mol. The zero-order chi connectivity index (χ0) is 32.5. The van der Waals surface area contributed by atoms with Crippen LogP contribution in [0.2, 0.25) is 0 Å². The summed E-state index contributed by atoms with van der Waals surface area (Å²) in [6, 6.07) is 36.3. The fraction of sp³-hybridized carbons (Fsp3) is 0.211. The Hall–Kier alpha value is -4.82. The van der Waals surface area contributed by atoms with Gasteiger partial charge < -0.3 is 24.4 Å². The largest absolute Gasteiger partial charge is 0.426 e. The van der Waals surface area contributed by atoms with E-state index in [0.717, 1.165) is 0 Å². The average Bonchev–Trinajstić information content (AvgIpc) is 3.03. The van der Waals surface area contributed by atoms with E-state index in [1.54, 1.807) is 0 Å². The van der Waals surface area contributed by atoms with Crippen molar-refractivity contribution in [2.45, 2.75) is 37.3 Å². The van der Waals surface area contributed by atoms with Gasteiger partial charge in [0.1, 0.15) is 13.2 Å². The Bertz CT molecular complexity index is 1390. The molecule has 0 spiro atoms. The molecule has 4 rings (SSSR count). The molecule has 0 bridgehead atoms. The summed E-state index contributed by atoms with van der Waals surface area (Å²) < 4.78 is 17.5. The third kappa shape index (κ3) is 8.22. The second-order valence-corrected chi connectivity index (χ2v) is 11.0. The second-order valence-electron chi connectivity index (χ2n) is 11.0. The van der Waals surface area contributed by atoms with Gasteiger partial charge in [0.25, 0.3) is 0 Å². The molecule has 2 unspecified atom stereocenters. The summed E-state index contributed by atoms with van der Waals surface area (Å²) in [6.07, 6.45) is 0. The summed E-state index contributed by atoms with van der Waals surface area (Å²) in [7, 11) is 0. The van der Waals surface area contributed by atoms with Gasteiger partial charge in [0.2, 0.25) is 11.6 Å². The predicted octanol–water partition coefficient (Wildman–Crippen LogP) is 6.28. The van der Waals surface area contributed by atoms with Crippen molar-refractivity contribution in [2.75, 3.05) is 13.2 Å². The van der Waals surface area contributed by atoms with E-state index in [1.807, 2.05) is 121 Å². The molecule has 232 valence electrons. The van der Waals surface area contributed by atoms with Crippen LogP contribution in [-0.2, 0) is 23.8 Å². The van der Waals surface area contributed by atoms with Crippen molar-refractivity contribution in [3.05, 3.63) is 168 Å². The van der Waals surface area contributed by atoms with E-state index in [1.165, 1.54) is 13.8 Å². The molecular formula is C38H38O7. The van der Waals surface area contributed by atoms with Gasteiger partial charge in [-0.1, -0.05) is 134 Å². The van der Waals surface area contributed by atoms with Crippen molar-refractivity contribution in [1.82, 2.24) is 0 Å². The number of aliphatic hydroxyl groups is 2. The molecule has 0 fully saturated rings. The van der Waals surface area contributed by atoms with Crippen LogP contribution < -0.4 is 0 Å². The number of ether oxygens (including phenoxy) is 3.